The quantitative estimate of drug-likeness (QED) is 0.729. The van der Waals surface area contributed by atoms with E-state index in [1.807, 2.05) is 18.0 Å². The lowest BCUT2D eigenvalue weighted by Gasteiger charge is -2.18. The van der Waals surface area contributed by atoms with Gasteiger partial charge in [-0.3, -0.25) is 4.57 Å². The fraction of sp³-hybridized carbons (Fsp3) is 0.100. The highest BCUT2D eigenvalue weighted by atomic mass is 79.9. The Morgan fingerprint density at radius 1 is 1.36 bits per heavy atom. The van der Waals surface area contributed by atoms with Gasteiger partial charge in [0.2, 0.25) is 0 Å². The van der Waals surface area contributed by atoms with Crippen molar-refractivity contribution in [1.29, 1.82) is 0 Å². The second-order valence-electron chi connectivity index (χ2n) is 3.09. The van der Waals surface area contributed by atoms with Gasteiger partial charge in [0.15, 0.2) is 0 Å². The topological polar surface area (TPSA) is 17.8 Å². The van der Waals surface area contributed by atoms with Gasteiger partial charge in [-0.2, -0.15) is 0 Å². The Hall–Kier alpha value is -0.740. The van der Waals surface area contributed by atoms with Gasteiger partial charge in [-0.05, 0) is 28.1 Å². The Balaban J connectivity index is 2.32. The number of aromatic nitrogens is 2. The van der Waals surface area contributed by atoms with Crippen molar-refractivity contribution in [1.82, 2.24) is 9.55 Å². The van der Waals surface area contributed by atoms with Gasteiger partial charge in [-0.15, -0.1) is 11.8 Å². The Morgan fingerprint density at radius 2 is 2.21 bits per heavy atom. The van der Waals surface area contributed by atoms with Crippen LogP contribution >= 0.6 is 27.7 Å². The maximum Gasteiger partial charge on any atom is 0.124 e. The number of nitrogens with zero attached hydrogens (tertiary/aromatic N) is 2. The first-order chi connectivity index (χ1) is 6.86. The van der Waals surface area contributed by atoms with E-state index in [-0.39, 0.29) is 0 Å². The van der Waals surface area contributed by atoms with Gasteiger partial charge in [-0.1, -0.05) is 12.1 Å². The first kappa shape index (κ1) is 8.56. The second kappa shape index (κ2) is 3.14. The van der Waals surface area contributed by atoms with Crippen LogP contribution in [-0.2, 0) is 5.75 Å². The van der Waals surface area contributed by atoms with Crippen molar-refractivity contribution < 1.29 is 0 Å². The van der Waals surface area contributed by atoms with Crippen LogP contribution in [0.1, 0.15) is 5.82 Å². The summed E-state index contributed by atoms with van der Waals surface area (Å²) in [5.74, 6) is 2.06. The van der Waals surface area contributed by atoms with Crippen LogP contribution in [0, 0.1) is 0 Å². The third-order valence-corrected chi connectivity index (χ3v) is 3.87. The molecule has 0 N–H and O–H groups in total. The van der Waals surface area contributed by atoms with Crippen LogP contribution in [0.4, 0.5) is 0 Å². The molecule has 0 saturated carbocycles. The molecule has 0 fully saturated rings. The predicted octanol–water partition coefficient (Wildman–Crippen LogP) is 3.24. The molecule has 0 unspecified atom stereocenters. The lowest BCUT2D eigenvalue weighted by Crippen LogP contribution is -2.06. The summed E-state index contributed by atoms with van der Waals surface area (Å²) in [6.45, 7) is 0. The van der Waals surface area contributed by atoms with Crippen LogP contribution in [-0.4, -0.2) is 9.55 Å². The van der Waals surface area contributed by atoms with Gasteiger partial charge < -0.3 is 0 Å². The molecule has 0 amide bonds. The molecule has 0 radical (unpaired) electrons. The fourth-order valence-corrected chi connectivity index (χ4v) is 3.10. The summed E-state index contributed by atoms with van der Waals surface area (Å²) >= 11 is 5.35. The van der Waals surface area contributed by atoms with Gasteiger partial charge in [0, 0.05) is 4.90 Å². The number of thioether (sulfide) groups is 1. The van der Waals surface area contributed by atoms with Crippen molar-refractivity contribution in [3.8, 4) is 5.69 Å². The standard InChI is InChI=1S/C10H7BrN2S/c11-9-5-12-10-6-14-8-4-2-1-3-7(8)13(9)10/h1-5H,6H2. The number of rotatable bonds is 0. The van der Waals surface area contributed by atoms with E-state index in [2.05, 4.69) is 49.7 Å². The van der Waals surface area contributed by atoms with Crippen LogP contribution in [0.25, 0.3) is 5.69 Å². The lowest BCUT2D eigenvalue weighted by molar-refractivity contribution is 0.907. The van der Waals surface area contributed by atoms with Crippen LogP contribution in [0.5, 0.6) is 0 Å². The number of imidazole rings is 1. The minimum atomic E-state index is 0.947. The smallest absolute Gasteiger partial charge is 0.124 e. The van der Waals surface area contributed by atoms with E-state index in [1.54, 1.807) is 0 Å². The van der Waals surface area contributed by atoms with Crippen molar-refractivity contribution in [2.75, 3.05) is 0 Å². The molecule has 0 bridgehead atoms. The first-order valence-corrected chi connectivity index (χ1v) is 6.08. The summed E-state index contributed by atoms with van der Waals surface area (Å²) in [7, 11) is 0. The molecule has 1 aromatic heterocycles. The van der Waals surface area contributed by atoms with Crippen LogP contribution in [0.3, 0.4) is 0 Å². The minimum Gasteiger partial charge on any atom is -0.289 e. The van der Waals surface area contributed by atoms with Crippen molar-refractivity contribution in [2.24, 2.45) is 0 Å². The Morgan fingerprint density at radius 3 is 3.14 bits per heavy atom. The Bertz CT molecular complexity index is 493. The molecule has 4 heteroatoms. The van der Waals surface area contributed by atoms with Crippen LogP contribution in [0.2, 0.25) is 0 Å². The SMILES string of the molecule is Brc1cnc2n1-c1ccccc1SC2. The molecule has 2 aromatic rings. The molecule has 14 heavy (non-hydrogen) atoms. The molecule has 70 valence electrons. The highest BCUT2D eigenvalue weighted by Gasteiger charge is 2.18. The van der Waals surface area contributed by atoms with Gasteiger partial charge in [0.25, 0.3) is 0 Å². The zero-order valence-corrected chi connectivity index (χ0v) is 9.68. The van der Waals surface area contributed by atoms with E-state index in [1.165, 1.54) is 10.6 Å². The molecular weight excluding hydrogens is 260 g/mol. The summed E-state index contributed by atoms with van der Waals surface area (Å²) in [5.41, 5.74) is 1.23. The Kier molecular flexibility index (Phi) is 1.92. The summed E-state index contributed by atoms with van der Waals surface area (Å²) in [6.07, 6.45) is 1.86. The molecule has 1 aliphatic heterocycles. The average Bonchev–Trinajstić information content (AvgIpc) is 2.61. The summed E-state index contributed by atoms with van der Waals surface area (Å²) in [5, 5.41) is 0. The minimum absolute atomic E-state index is 0.947. The van der Waals surface area contributed by atoms with E-state index >= 15 is 0 Å². The van der Waals surface area contributed by atoms with Gasteiger partial charge in [0.1, 0.15) is 10.4 Å². The van der Waals surface area contributed by atoms with Crippen molar-refractivity contribution >= 4 is 27.7 Å². The highest BCUT2D eigenvalue weighted by molar-refractivity contribution is 9.10. The van der Waals surface area contributed by atoms with Crippen molar-refractivity contribution in [3.05, 3.63) is 40.9 Å². The van der Waals surface area contributed by atoms with Gasteiger partial charge >= 0.3 is 0 Å². The normalized spacial score (nSPS) is 13.5. The molecule has 0 atom stereocenters. The number of para-hydroxylation sites is 1. The summed E-state index contributed by atoms with van der Waals surface area (Å²) in [4.78, 5) is 5.67. The number of hydrogen-bond donors (Lipinski definition) is 0. The monoisotopic (exact) mass is 266 g/mol. The first-order valence-electron chi connectivity index (χ1n) is 4.30. The fourth-order valence-electron chi connectivity index (χ4n) is 1.63. The van der Waals surface area contributed by atoms with E-state index in [0.717, 1.165) is 16.2 Å². The molecule has 3 rings (SSSR count). The summed E-state index contributed by atoms with van der Waals surface area (Å²) < 4.78 is 3.19. The maximum atomic E-state index is 4.35. The number of halogens is 1. The van der Waals surface area contributed by atoms with E-state index in [9.17, 15) is 0 Å². The van der Waals surface area contributed by atoms with Gasteiger partial charge in [0.05, 0.1) is 17.6 Å². The van der Waals surface area contributed by atoms with Gasteiger partial charge in [-0.25, -0.2) is 4.98 Å². The number of hydrogen-bond acceptors (Lipinski definition) is 2. The van der Waals surface area contributed by atoms with E-state index in [0.29, 0.717) is 0 Å². The van der Waals surface area contributed by atoms with Crippen LogP contribution < -0.4 is 0 Å². The molecular formula is C10H7BrN2S. The predicted molar refractivity (Wildman–Crippen MR) is 60.8 cm³/mol. The molecule has 1 aromatic carbocycles. The largest absolute Gasteiger partial charge is 0.289 e. The molecule has 2 heterocycles. The third-order valence-electron chi connectivity index (χ3n) is 2.25. The van der Waals surface area contributed by atoms with Crippen molar-refractivity contribution in [2.45, 2.75) is 10.6 Å². The molecule has 0 saturated heterocycles. The number of benzene rings is 1. The summed E-state index contributed by atoms with van der Waals surface area (Å²) in [6, 6.07) is 8.40. The zero-order valence-electron chi connectivity index (χ0n) is 7.27. The lowest BCUT2D eigenvalue weighted by atomic mass is 10.3. The molecule has 2 nitrogen and oxygen atoms in total. The number of fused-ring (bicyclic) bond motifs is 3. The zero-order chi connectivity index (χ0) is 9.54. The van der Waals surface area contributed by atoms with E-state index < -0.39 is 0 Å². The third kappa shape index (κ3) is 1.14. The second-order valence-corrected chi connectivity index (χ2v) is 4.92. The Labute approximate surface area is 94.5 Å². The average molecular weight is 267 g/mol. The maximum absolute atomic E-state index is 4.35. The molecule has 0 spiro atoms. The van der Waals surface area contributed by atoms with E-state index in [4.69, 9.17) is 0 Å². The molecule has 0 aliphatic carbocycles. The molecule has 1 aliphatic rings. The highest BCUT2D eigenvalue weighted by Crippen LogP contribution is 2.36. The van der Waals surface area contributed by atoms with Crippen molar-refractivity contribution in [3.63, 3.8) is 0 Å². The van der Waals surface area contributed by atoms with Crippen LogP contribution in [0.15, 0.2) is 40.0 Å².